The molecule has 3 nitrogen and oxygen atoms in total. The molecule has 0 saturated heterocycles. The van der Waals surface area contributed by atoms with Gasteiger partial charge in [-0.2, -0.15) is 0 Å². The van der Waals surface area contributed by atoms with Gasteiger partial charge in [0.15, 0.2) is 0 Å². The molecule has 0 spiro atoms. The minimum absolute atomic E-state index is 0.206. The van der Waals surface area contributed by atoms with Crippen LogP contribution < -0.4 is 0 Å². The standard InChI is InChI=1S/C13H16O3/c1-4-10-16-13(15)12(3)7-5-6-11(2)8-9-14/h4-9H,1,10H2,2-3H3/b6-5+,11-8+,12-7+. The maximum absolute atomic E-state index is 11.3. The second-order valence-corrected chi connectivity index (χ2v) is 3.14. The smallest absolute Gasteiger partial charge is 0.334 e. The van der Waals surface area contributed by atoms with Crippen LogP contribution in [-0.2, 0) is 14.3 Å². The van der Waals surface area contributed by atoms with E-state index in [4.69, 9.17) is 4.74 Å². The minimum Gasteiger partial charge on any atom is -0.458 e. The van der Waals surface area contributed by atoms with Gasteiger partial charge in [0.2, 0.25) is 0 Å². The molecule has 0 amide bonds. The van der Waals surface area contributed by atoms with Gasteiger partial charge < -0.3 is 4.74 Å². The van der Waals surface area contributed by atoms with Crippen molar-refractivity contribution in [3.63, 3.8) is 0 Å². The molecular formula is C13H16O3. The highest BCUT2D eigenvalue weighted by molar-refractivity contribution is 5.88. The highest BCUT2D eigenvalue weighted by Crippen LogP contribution is 1.99. The van der Waals surface area contributed by atoms with Crippen LogP contribution in [-0.4, -0.2) is 18.9 Å². The first-order valence-electron chi connectivity index (χ1n) is 4.87. The summed E-state index contributed by atoms with van der Waals surface area (Å²) in [5, 5.41) is 0. The molecule has 0 aromatic heterocycles. The van der Waals surface area contributed by atoms with Crippen LogP contribution in [0.4, 0.5) is 0 Å². The van der Waals surface area contributed by atoms with Gasteiger partial charge in [0, 0.05) is 5.57 Å². The lowest BCUT2D eigenvalue weighted by molar-refractivity contribution is -0.137. The molecule has 0 saturated carbocycles. The predicted octanol–water partition coefficient (Wildman–Crippen LogP) is 2.36. The summed E-state index contributed by atoms with van der Waals surface area (Å²) < 4.78 is 4.83. The maximum atomic E-state index is 11.3. The zero-order chi connectivity index (χ0) is 12.4. The van der Waals surface area contributed by atoms with Crippen molar-refractivity contribution < 1.29 is 14.3 Å². The highest BCUT2D eigenvalue weighted by Gasteiger charge is 2.01. The first-order chi connectivity index (χ1) is 7.61. The second kappa shape index (κ2) is 8.41. The molecule has 0 aliphatic carbocycles. The molecule has 0 N–H and O–H groups in total. The van der Waals surface area contributed by atoms with E-state index in [2.05, 4.69) is 6.58 Å². The monoisotopic (exact) mass is 220 g/mol. The Morgan fingerprint density at radius 1 is 1.31 bits per heavy atom. The predicted molar refractivity (Wildman–Crippen MR) is 63.9 cm³/mol. The fourth-order valence-electron chi connectivity index (χ4n) is 0.824. The molecule has 16 heavy (non-hydrogen) atoms. The summed E-state index contributed by atoms with van der Waals surface area (Å²) >= 11 is 0. The Kier molecular flexibility index (Phi) is 7.41. The number of aldehydes is 1. The van der Waals surface area contributed by atoms with Gasteiger partial charge in [-0.3, -0.25) is 4.79 Å². The number of esters is 1. The third-order valence-corrected chi connectivity index (χ3v) is 1.69. The molecule has 0 aliphatic heterocycles. The Labute approximate surface area is 95.8 Å². The van der Waals surface area contributed by atoms with E-state index < -0.39 is 0 Å². The van der Waals surface area contributed by atoms with E-state index in [-0.39, 0.29) is 12.6 Å². The molecule has 86 valence electrons. The molecule has 0 bridgehead atoms. The summed E-state index contributed by atoms with van der Waals surface area (Å²) in [6, 6.07) is 0. The molecule has 0 radical (unpaired) electrons. The van der Waals surface area contributed by atoms with Crippen LogP contribution >= 0.6 is 0 Å². The average Bonchev–Trinajstić information content (AvgIpc) is 2.26. The van der Waals surface area contributed by atoms with Crippen molar-refractivity contribution in [3.8, 4) is 0 Å². The average molecular weight is 220 g/mol. The van der Waals surface area contributed by atoms with E-state index in [1.165, 1.54) is 12.2 Å². The summed E-state index contributed by atoms with van der Waals surface area (Å²) in [6.07, 6.45) is 8.73. The van der Waals surface area contributed by atoms with Crippen LogP contribution in [0.2, 0.25) is 0 Å². The third kappa shape index (κ3) is 6.54. The van der Waals surface area contributed by atoms with Crippen molar-refractivity contribution in [1.29, 1.82) is 0 Å². The lowest BCUT2D eigenvalue weighted by Gasteiger charge is -1.99. The molecule has 0 atom stereocenters. The van der Waals surface area contributed by atoms with Crippen LogP contribution in [0.15, 0.2) is 48.1 Å². The van der Waals surface area contributed by atoms with Crippen LogP contribution in [0.3, 0.4) is 0 Å². The largest absolute Gasteiger partial charge is 0.458 e. The lowest BCUT2D eigenvalue weighted by Crippen LogP contribution is -2.05. The number of carbonyl (C=O) groups is 2. The van der Waals surface area contributed by atoms with E-state index in [9.17, 15) is 9.59 Å². The van der Waals surface area contributed by atoms with Gasteiger partial charge in [-0.05, 0) is 25.5 Å². The van der Waals surface area contributed by atoms with Crippen LogP contribution in [0.5, 0.6) is 0 Å². The Morgan fingerprint density at radius 2 is 2.00 bits per heavy atom. The summed E-state index contributed by atoms with van der Waals surface area (Å²) in [7, 11) is 0. The van der Waals surface area contributed by atoms with E-state index in [1.54, 1.807) is 32.1 Å². The number of hydrogen-bond acceptors (Lipinski definition) is 3. The molecule has 0 aliphatic rings. The highest BCUT2D eigenvalue weighted by atomic mass is 16.5. The lowest BCUT2D eigenvalue weighted by atomic mass is 10.2. The van der Waals surface area contributed by atoms with Crippen molar-refractivity contribution in [2.24, 2.45) is 0 Å². The second-order valence-electron chi connectivity index (χ2n) is 3.14. The number of ether oxygens (including phenoxy) is 1. The van der Waals surface area contributed by atoms with Gasteiger partial charge in [-0.15, -0.1) is 0 Å². The van der Waals surface area contributed by atoms with Crippen molar-refractivity contribution in [3.05, 3.63) is 48.1 Å². The van der Waals surface area contributed by atoms with Crippen molar-refractivity contribution in [2.75, 3.05) is 6.61 Å². The molecule has 0 heterocycles. The Morgan fingerprint density at radius 3 is 2.56 bits per heavy atom. The van der Waals surface area contributed by atoms with Gasteiger partial charge in [0.05, 0.1) is 0 Å². The maximum Gasteiger partial charge on any atom is 0.334 e. The molecule has 0 unspecified atom stereocenters. The van der Waals surface area contributed by atoms with E-state index >= 15 is 0 Å². The number of carbonyl (C=O) groups excluding carboxylic acids is 2. The third-order valence-electron chi connectivity index (χ3n) is 1.69. The quantitative estimate of drug-likeness (QED) is 0.227. The molecule has 0 aromatic carbocycles. The van der Waals surface area contributed by atoms with Gasteiger partial charge >= 0.3 is 5.97 Å². The zero-order valence-corrected chi connectivity index (χ0v) is 9.60. The minimum atomic E-state index is -0.374. The van der Waals surface area contributed by atoms with Crippen LogP contribution in [0, 0.1) is 0 Å². The Balaban J connectivity index is 4.32. The summed E-state index contributed by atoms with van der Waals surface area (Å²) in [4.78, 5) is 21.4. The zero-order valence-electron chi connectivity index (χ0n) is 9.60. The summed E-state index contributed by atoms with van der Waals surface area (Å²) in [5.74, 6) is -0.374. The molecular weight excluding hydrogens is 204 g/mol. The first kappa shape index (κ1) is 14.1. The molecule has 0 aromatic rings. The van der Waals surface area contributed by atoms with Gasteiger partial charge in [-0.1, -0.05) is 30.9 Å². The molecule has 0 rings (SSSR count). The summed E-state index contributed by atoms with van der Waals surface area (Å²) in [5.41, 5.74) is 1.32. The Bertz CT molecular complexity index is 346. The number of rotatable bonds is 6. The van der Waals surface area contributed by atoms with E-state index in [1.807, 2.05) is 0 Å². The van der Waals surface area contributed by atoms with E-state index in [0.29, 0.717) is 11.9 Å². The van der Waals surface area contributed by atoms with Crippen LogP contribution in [0.25, 0.3) is 0 Å². The summed E-state index contributed by atoms with van der Waals surface area (Å²) in [6.45, 7) is 7.11. The van der Waals surface area contributed by atoms with Gasteiger partial charge in [0.25, 0.3) is 0 Å². The fourth-order valence-corrected chi connectivity index (χ4v) is 0.824. The van der Waals surface area contributed by atoms with Crippen molar-refractivity contribution in [1.82, 2.24) is 0 Å². The molecule has 0 fully saturated rings. The van der Waals surface area contributed by atoms with Crippen molar-refractivity contribution in [2.45, 2.75) is 13.8 Å². The SMILES string of the molecule is C=CCOC(=O)/C(C)=C/C=C/C(C)=C/C=O. The molecule has 3 heteroatoms. The topological polar surface area (TPSA) is 43.4 Å². The number of hydrogen-bond donors (Lipinski definition) is 0. The normalized spacial score (nSPS) is 12.6. The Hall–Kier alpha value is -1.90. The first-order valence-corrected chi connectivity index (χ1v) is 4.87. The van der Waals surface area contributed by atoms with Gasteiger partial charge in [0.1, 0.15) is 12.9 Å². The van der Waals surface area contributed by atoms with Gasteiger partial charge in [-0.25, -0.2) is 4.79 Å². The fraction of sp³-hybridized carbons (Fsp3) is 0.231. The van der Waals surface area contributed by atoms with Crippen molar-refractivity contribution >= 4 is 12.3 Å². The van der Waals surface area contributed by atoms with E-state index in [0.717, 1.165) is 5.57 Å². The van der Waals surface area contributed by atoms with Crippen LogP contribution in [0.1, 0.15) is 13.8 Å². The number of allylic oxidation sites excluding steroid dienone is 5.